The maximum Gasteiger partial charge on any atom is 0.279 e. The summed E-state index contributed by atoms with van der Waals surface area (Å²) in [6.07, 6.45) is 0.672. The maximum atomic E-state index is 12.6. The molecule has 0 aliphatic heterocycles. The lowest BCUT2D eigenvalue weighted by Gasteiger charge is -2.15. The maximum absolute atomic E-state index is 12.6. The van der Waals surface area contributed by atoms with Gasteiger partial charge in [0.1, 0.15) is 11.9 Å². The monoisotopic (exact) mass is 349 g/mol. The van der Waals surface area contributed by atoms with E-state index in [0.29, 0.717) is 16.3 Å². The summed E-state index contributed by atoms with van der Waals surface area (Å²) in [5.41, 5.74) is 1.29. The molecule has 6 heteroatoms. The number of carbonyl (C=O) groups is 1. The standard InChI is InChI=1S/C20H18N2O4/c1-13-18(19(23)22(21-13)16-6-4-3-5-7-16)12-15-8-10-17(11-9-15)26-14(2)20(24)25/h3-12,14,21H,1H2,2H3,(H,24,25)/p-1/b18-12-/t14-/m1/s1. The zero-order valence-electron chi connectivity index (χ0n) is 14.1. The zero-order chi connectivity index (χ0) is 18.7. The van der Waals surface area contributed by atoms with Gasteiger partial charge in [0.2, 0.25) is 0 Å². The molecular weight excluding hydrogens is 332 g/mol. The highest BCUT2D eigenvalue weighted by molar-refractivity contribution is 5.69. The molecule has 0 saturated carbocycles. The van der Waals surface area contributed by atoms with Gasteiger partial charge in [-0.25, -0.2) is 4.68 Å². The number of aromatic nitrogens is 2. The van der Waals surface area contributed by atoms with Crippen LogP contribution in [-0.4, -0.2) is 21.9 Å². The third-order valence-electron chi connectivity index (χ3n) is 3.86. The van der Waals surface area contributed by atoms with E-state index >= 15 is 0 Å². The van der Waals surface area contributed by atoms with Gasteiger partial charge in [-0.05, 0) is 42.8 Å². The summed E-state index contributed by atoms with van der Waals surface area (Å²) in [6, 6.07) is 16.0. The predicted molar refractivity (Wildman–Crippen MR) is 96.3 cm³/mol. The highest BCUT2D eigenvalue weighted by Crippen LogP contribution is 2.14. The summed E-state index contributed by atoms with van der Waals surface area (Å²) in [7, 11) is 0. The Morgan fingerprint density at radius 3 is 2.46 bits per heavy atom. The van der Waals surface area contributed by atoms with Crippen LogP contribution in [0.15, 0.2) is 59.4 Å². The number of carbonyl (C=O) groups excluding carboxylic acids is 1. The van der Waals surface area contributed by atoms with Crippen molar-refractivity contribution in [2.45, 2.75) is 13.0 Å². The first-order chi connectivity index (χ1) is 12.5. The quantitative estimate of drug-likeness (QED) is 0.698. The van der Waals surface area contributed by atoms with Crippen molar-refractivity contribution < 1.29 is 14.6 Å². The Morgan fingerprint density at radius 2 is 1.85 bits per heavy atom. The van der Waals surface area contributed by atoms with Gasteiger partial charge in [-0.2, -0.15) is 0 Å². The summed E-state index contributed by atoms with van der Waals surface area (Å²) in [5, 5.41) is 14.6. The number of carboxylic acid groups (broad SMARTS) is 1. The Balaban J connectivity index is 1.94. The van der Waals surface area contributed by atoms with Crippen molar-refractivity contribution in [1.29, 1.82) is 0 Å². The Hall–Kier alpha value is -3.54. The van der Waals surface area contributed by atoms with Crippen molar-refractivity contribution in [3.05, 3.63) is 81.1 Å². The molecule has 1 atom stereocenters. The van der Waals surface area contributed by atoms with Gasteiger partial charge in [0, 0.05) is 0 Å². The first-order valence-electron chi connectivity index (χ1n) is 8.00. The molecule has 3 rings (SSSR count). The molecule has 0 aliphatic rings. The number of aromatic amines is 1. The molecule has 0 fully saturated rings. The van der Waals surface area contributed by atoms with E-state index in [-0.39, 0.29) is 5.56 Å². The second kappa shape index (κ2) is 7.14. The number of ether oxygens (including phenoxy) is 1. The fraction of sp³-hybridized carbons (Fsp3) is 0.100. The number of hydrogen-bond donors (Lipinski definition) is 1. The number of nitrogens with one attached hydrogen (secondary N) is 1. The van der Waals surface area contributed by atoms with Gasteiger partial charge in [0.25, 0.3) is 5.56 Å². The van der Waals surface area contributed by atoms with E-state index in [4.69, 9.17) is 4.74 Å². The van der Waals surface area contributed by atoms with Crippen molar-refractivity contribution in [2.75, 3.05) is 0 Å². The number of aliphatic carboxylic acids is 1. The van der Waals surface area contributed by atoms with Gasteiger partial charge < -0.3 is 14.6 Å². The average Bonchev–Trinajstić information content (AvgIpc) is 2.92. The number of rotatable bonds is 5. The van der Waals surface area contributed by atoms with Crippen LogP contribution in [0.2, 0.25) is 0 Å². The molecule has 6 nitrogen and oxygen atoms in total. The Morgan fingerprint density at radius 1 is 1.19 bits per heavy atom. The van der Waals surface area contributed by atoms with Crippen molar-refractivity contribution in [3.8, 4) is 11.4 Å². The smallest absolute Gasteiger partial charge is 0.279 e. The first-order valence-corrected chi connectivity index (χ1v) is 8.00. The highest BCUT2D eigenvalue weighted by atomic mass is 16.5. The van der Waals surface area contributed by atoms with Gasteiger partial charge in [-0.1, -0.05) is 36.9 Å². The average molecular weight is 349 g/mol. The van der Waals surface area contributed by atoms with E-state index in [2.05, 4.69) is 11.7 Å². The third-order valence-corrected chi connectivity index (χ3v) is 3.86. The van der Waals surface area contributed by atoms with Gasteiger partial charge in [-0.3, -0.25) is 9.89 Å². The van der Waals surface area contributed by atoms with E-state index in [1.807, 2.05) is 30.3 Å². The number of nitrogens with zero attached hydrogens (tertiary/aromatic N) is 1. The Labute approximate surface area is 149 Å². The van der Waals surface area contributed by atoms with Gasteiger partial charge in [0.15, 0.2) is 0 Å². The van der Waals surface area contributed by atoms with Crippen LogP contribution in [0.1, 0.15) is 12.5 Å². The minimum atomic E-state index is -1.28. The number of para-hydroxylation sites is 1. The predicted octanol–water partition coefficient (Wildman–Crippen LogP) is -0.0781. The summed E-state index contributed by atoms with van der Waals surface area (Å²) in [4.78, 5) is 23.4. The molecule has 26 heavy (non-hydrogen) atoms. The molecule has 0 unspecified atom stereocenters. The van der Waals surface area contributed by atoms with Gasteiger partial charge >= 0.3 is 0 Å². The Bertz CT molecular complexity index is 1080. The number of H-pyrrole nitrogens is 1. The largest absolute Gasteiger partial charge is 0.546 e. The van der Waals surface area contributed by atoms with Crippen LogP contribution in [0.3, 0.4) is 0 Å². The minimum Gasteiger partial charge on any atom is -0.546 e. The van der Waals surface area contributed by atoms with Crippen molar-refractivity contribution >= 4 is 18.6 Å². The molecule has 3 aromatic rings. The van der Waals surface area contributed by atoms with Crippen LogP contribution in [0.5, 0.6) is 5.75 Å². The summed E-state index contributed by atoms with van der Waals surface area (Å²) in [5.74, 6) is -0.874. The topological polar surface area (TPSA) is 87.2 Å². The number of carboxylic acids is 1. The van der Waals surface area contributed by atoms with Crippen LogP contribution in [-0.2, 0) is 4.79 Å². The fourth-order valence-corrected chi connectivity index (χ4v) is 2.46. The highest BCUT2D eigenvalue weighted by Gasteiger charge is 2.06. The molecule has 1 N–H and O–H groups in total. The normalized spacial score (nSPS) is 12.7. The molecule has 0 spiro atoms. The van der Waals surface area contributed by atoms with E-state index in [1.165, 1.54) is 11.6 Å². The van der Waals surface area contributed by atoms with Crippen molar-refractivity contribution in [1.82, 2.24) is 9.78 Å². The molecular formula is C20H17N2O4-. The molecule has 1 aromatic heterocycles. The van der Waals surface area contributed by atoms with Crippen molar-refractivity contribution in [2.24, 2.45) is 0 Å². The van der Waals surface area contributed by atoms with Crippen molar-refractivity contribution in [3.63, 3.8) is 0 Å². The van der Waals surface area contributed by atoms with E-state index < -0.39 is 12.1 Å². The lowest BCUT2D eigenvalue weighted by molar-refractivity contribution is -0.312. The fourth-order valence-electron chi connectivity index (χ4n) is 2.46. The van der Waals surface area contributed by atoms with Crippen LogP contribution in [0, 0.1) is 0 Å². The SMILES string of the molecule is C=c1[nH]n(-c2ccccc2)c(=O)/c1=C\c1ccc(O[C@H](C)C(=O)[O-])cc1. The number of hydrogen-bond acceptors (Lipinski definition) is 4. The molecule has 132 valence electrons. The van der Waals surface area contributed by atoms with E-state index in [1.54, 1.807) is 30.3 Å². The third kappa shape index (κ3) is 3.59. The molecule has 0 aliphatic carbocycles. The van der Waals surface area contributed by atoms with Gasteiger partial charge in [-0.15, -0.1) is 0 Å². The lowest BCUT2D eigenvalue weighted by Crippen LogP contribution is -2.37. The molecule has 2 aromatic carbocycles. The van der Waals surface area contributed by atoms with Crippen LogP contribution in [0.4, 0.5) is 0 Å². The Kier molecular flexibility index (Phi) is 4.75. The minimum absolute atomic E-state index is 0.202. The van der Waals surface area contributed by atoms with Crippen LogP contribution >= 0.6 is 0 Å². The van der Waals surface area contributed by atoms with E-state index in [0.717, 1.165) is 11.3 Å². The molecule has 0 bridgehead atoms. The molecule has 0 radical (unpaired) electrons. The second-order valence-electron chi connectivity index (χ2n) is 5.77. The lowest BCUT2D eigenvalue weighted by atomic mass is 10.2. The van der Waals surface area contributed by atoms with Gasteiger partial charge in [0.05, 0.1) is 22.2 Å². The summed E-state index contributed by atoms with van der Waals surface area (Å²) >= 11 is 0. The molecule has 0 saturated heterocycles. The summed E-state index contributed by atoms with van der Waals surface area (Å²) in [6.45, 7) is 5.29. The summed E-state index contributed by atoms with van der Waals surface area (Å²) < 4.78 is 6.67. The zero-order valence-corrected chi connectivity index (χ0v) is 14.1. The number of benzene rings is 2. The van der Waals surface area contributed by atoms with Crippen LogP contribution in [0.25, 0.3) is 18.3 Å². The van der Waals surface area contributed by atoms with E-state index in [9.17, 15) is 14.7 Å². The second-order valence-corrected chi connectivity index (χ2v) is 5.77. The van der Waals surface area contributed by atoms with Crippen LogP contribution < -0.4 is 26.0 Å². The molecule has 1 heterocycles. The first kappa shape index (κ1) is 17.3. The molecule has 0 amide bonds.